The number of imidazole rings is 1. The van der Waals surface area contributed by atoms with E-state index in [1.54, 1.807) is 14.0 Å². The van der Waals surface area contributed by atoms with Crippen LogP contribution in [0.3, 0.4) is 0 Å². The average molecular weight is 403 g/mol. The monoisotopic (exact) mass is 403 g/mol. The highest BCUT2D eigenvalue weighted by atomic mass is 16.5. The lowest BCUT2D eigenvalue weighted by Gasteiger charge is -2.06. The zero-order chi connectivity index (χ0) is 21.3. The molecule has 0 aliphatic carbocycles. The largest absolute Gasteiger partial charge is 0.454 e. The van der Waals surface area contributed by atoms with Crippen LogP contribution in [0.5, 0.6) is 0 Å². The molecule has 1 N–H and O–H groups in total. The molecule has 0 fully saturated rings. The molecule has 29 heavy (non-hydrogen) atoms. The average Bonchev–Trinajstić information content (AvgIpc) is 3.20. The van der Waals surface area contributed by atoms with Crippen LogP contribution >= 0.6 is 0 Å². The molecular formula is C19H25N5O5. The first-order valence-corrected chi connectivity index (χ1v) is 9.57. The Balaban J connectivity index is 1.94. The number of unbranched alkanes of at least 4 members (excludes halogenated alkanes) is 1. The molecule has 0 bridgehead atoms. The van der Waals surface area contributed by atoms with Crippen molar-refractivity contribution in [2.45, 2.75) is 59.6 Å². The topological polar surface area (TPSA) is 125 Å². The molecule has 3 rings (SSSR count). The second-order valence-electron chi connectivity index (χ2n) is 7.26. The van der Waals surface area contributed by atoms with Gasteiger partial charge in [0.25, 0.3) is 5.56 Å². The summed E-state index contributed by atoms with van der Waals surface area (Å²) < 4.78 is 13.6. The van der Waals surface area contributed by atoms with Crippen LogP contribution in [0.4, 0.5) is 0 Å². The van der Waals surface area contributed by atoms with Crippen molar-refractivity contribution in [1.29, 1.82) is 0 Å². The molecule has 0 spiro atoms. The van der Waals surface area contributed by atoms with Crippen molar-refractivity contribution in [3.63, 3.8) is 0 Å². The second kappa shape index (κ2) is 8.06. The number of rotatable bonds is 7. The Morgan fingerprint density at radius 2 is 2.03 bits per heavy atom. The van der Waals surface area contributed by atoms with Crippen LogP contribution in [0.2, 0.25) is 0 Å². The zero-order valence-electron chi connectivity index (χ0n) is 17.2. The van der Waals surface area contributed by atoms with E-state index in [0.29, 0.717) is 29.4 Å². The molecule has 3 aromatic heterocycles. The van der Waals surface area contributed by atoms with Gasteiger partial charge in [0.05, 0.1) is 5.69 Å². The number of carbonyl (C=O) groups is 1. The fourth-order valence-corrected chi connectivity index (χ4v) is 3.18. The summed E-state index contributed by atoms with van der Waals surface area (Å²) in [7, 11) is 1.65. The summed E-state index contributed by atoms with van der Waals surface area (Å²) in [5, 5.41) is 3.85. The Bertz CT molecular complexity index is 1160. The van der Waals surface area contributed by atoms with Gasteiger partial charge in [-0.15, -0.1) is 0 Å². The van der Waals surface area contributed by atoms with Gasteiger partial charge in [0, 0.05) is 19.5 Å². The molecule has 0 aromatic carbocycles. The summed E-state index contributed by atoms with van der Waals surface area (Å²) in [4.78, 5) is 43.8. The fraction of sp³-hybridized carbons (Fsp3) is 0.526. The second-order valence-corrected chi connectivity index (χ2v) is 7.26. The van der Waals surface area contributed by atoms with Crippen molar-refractivity contribution < 1.29 is 14.1 Å². The molecule has 0 atom stereocenters. The summed E-state index contributed by atoms with van der Waals surface area (Å²) >= 11 is 0. The minimum absolute atomic E-state index is 0.0268. The molecule has 156 valence electrons. The van der Waals surface area contributed by atoms with E-state index in [1.807, 2.05) is 20.8 Å². The number of esters is 1. The number of nitrogens with zero attached hydrogens (tertiary/aromatic N) is 4. The molecule has 3 heterocycles. The lowest BCUT2D eigenvalue weighted by Crippen LogP contribution is -2.31. The van der Waals surface area contributed by atoms with Crippen molar-refractivity contribution in [2.24, 2.45) is 7.05 Å². The van der Waals surface area contributed by atoms with Gasteiger partial charge in [0.2, 0.25) is 0 Å². The third-order valence-electron chi connectivity index (χ3n) is 4.79. The van der Waals surface area contributed by atoms with Crippen molar-refractivity contribution in [3.8, 4) is 0 Å². The Labute approximate surface area is 166 Å². The van der Waals surface area contributed by atoms with Crippen LogP contribution in [-0.4, -0.2) is 30.2 Å². The van der Waals surface area contributed by atoms with E-state index < -0.39 is 17.2 Å². The molecule has 3 aromatic rings. The van der Waals surface area contributed by atoms with Gasteiger partial charge in [0.15, 0.2) is 16.9 Å². The molecule has 0 aliphatic rings. The van der Waals surface area contributed by atoms with E-state index in [9.17, 15) is 14.4 Å². The third kappa shape index (κ3) is 3.74. The number of hydrogen-bond acceptors (Lipinski definition) is 7. The van der Waals surface area contributed by atoms with Crippen LogP contribution in [-0.2, 0) is 24.9 Å². The van der Waals surface area contributed by atoms with Crippen LogP contribution in [0.15, 0.2) is 14.1 Å². The van der Waals surface area contributed by atoms with Crippen molar-refractivity contribution >= 4 is 17.1 Å². The first-order chi connectivity index (χ1) is 13.8. The zero-order valence-corrected chi connectivity index (χ0v) is 17.2. The summed E-state index contributed by atoms with van der Waals surface area (Å²) in [5.41, 5.74) is 0.270. The van der Waals surface area contributed by atoms with E-state index >= 15 is 0 Å². The number of fused-ring (bicyclic) bond motifs is 1. The van der Waals surface area contributed by atoms with Gasteiger partial charge < -0.3 is 13.8 Å². The highest BCUT2D eigenvalue weighted by molar-refractivity contribution is 5.91. The van der Waals surface area contributed by atoms with Crippen molar-refractivity contribution in [3.05, 3.63) is 43.7 Å². The number of aryl methyl sites for hydroxylation is 3. The van der Waals surface area contributed by atoms with E-state index in [0.717, 1.165) is 12.8 Å². The Morgan fingerprint density at radius 1 is 1.31 bits per heavy atom. The highest BCUT2D eigenvalue weighted by Crippen LogP contribution is 2.23. The third-order valence-corrected chi connectivity index (χ3v) is 4.79. The van der Waals surface area contributed by atoms with Crippen LogP contribution in [0, 0.1) is 6.92 Å². The first kappa shape index (κ1) is 20.6. The van der Waals surface area contributed by atoms with Gasteiger partial charge >= 0.3 is 11.7 Å². The lowest BCUT2D eigenvalue weighted by molar-refractivity contribution is 0.0455. The number of H-pyrrole nitrogens is 1. The summed E-state index contributed by atoms with van der Waals surface area (Å²) in [6, 6.07) is 0. The number of nitrogens with one attached hydrogen (secondary N) is 1. The van der Waals surface area contributed by atoms with Crippen LogP contribution < -0.4 is 11.2 Å². The molecule has 0 saturated heterocycles. The first-order valence-electron chi connectivity index (χ1n) is 9.57. The van der Waals surface area contributed by atoms with Gasteiger partial charge in [-0.3, -0.25) is 14.3 Å². The maximum Gasteiger partial charge on any atom is 0.344 e. The van der Waals surface area contributed by atoms with Gasteiger partial charge in [-0.05, 0) is 13.3 Å². The van der Waals surface area contributed by atoms with Gasteiger partial charge in [-0.1, -0.05) is 32.3 Å². The molecule has 0 aliphatic heterocycles. The van der Waals surface area contributed by atoms with Crippen LogP contribution in [0.1, 0.15) is 67.2 Å². The Hall–Kier alpha value is -3.17. The predicted molar refractivity (Wildman–Crippen MR) is 105 cm³/mol. The number of hydrogen-bond donors (Lipinski definition) is 1. The van der Waals surface area contributed by atoms with Crippen molar-refractivity contribution in [1.82, 2.24) is 24.3 Å². The predicted octanol–water partition coefficient (Wildman–Crippen LogP) is 2.00. The molecule has 10 heteroatoms. The molecule has 0 radical (unpaired) electrons. The minimum atomic E-state index is -0.572. The minimum Gasteiger partial charge on any atom is -0.454 e. The smallest absolute Gasteiger partial charge is 0.344 e. The van der Waals surface area contributed by atoms with Gasteiger partial charge in [0.1, 0.15) is 18.0 Å². The Kier molecular flexibility index (Phi) is 5.71. The van der Waals surface area contributed by atoms with Gasteiger partial charge in [-0.2, -0.15) is 0 Å². The molecular weight excluding hydrogens is 378 g/mol. The maximum absolute atomic E-state index is 12.6. The maximum atomic E-state index is 12.6. The molecule has 10 nitrogen and oxygen atoms in total. The molecule has 0 saturated carbocycles. The number of carbonyl (C=O) groups excluding carboxylic acids is 1. The number of ether oxygens (including phenoxy) is 1. The fourth-order valence-electron chi connectivity index (χ4n) is 3.18. The summed E-state index contributed by atoms with van der Waals surface area (Å²) in [6.07, 6.45) is 1.66. The Morgan fingerprint density at radius 3 is 2.69 bits per heavy atom. The quantitative estimate of drug-likeness (QED) is 0.598. The van der Waals surface area contributed by atoms with Gasteiger partial charge in [-0.25, -0.2) is 14.6 Å². The standard InChI is InChI=1S/C19H25N5O5/c1-6-7-8-24-16-14(17(25)21-19(24)27)23(5)12(20-16)9-28-18(26)13-11(4)22-29-15(13)10(2)3/h10H,6-9H2,1-5H3,(H,21,25,27). The molecule has 0 amide bonds. The molecule has 0 unspecified atom stereocenters. The number of aromatic amines is 1. The van der Waals surface area contributed by atoms with E-state index in [1.165, 1.54) is 9.13 Å². The summed E-state index contributed by atoms with van der Waals surface area (Å²) in [5.74, 6) is 0.218. The SMILES string of the molecule is CCCCn1c(=O)[nH]c(=O)c2c1nc(COC(=O)c1c(C)noc1C(C)C)n2C. The van der Waals surface area contributed by atoms with E-state index in [-0.39, 0.29) is 23.7 Å². The number of aromatic nitrogens is 5. The van der Waals surface area contributed by atoms with Crippen LogP contribution in [0.25, 0.3) is 11.2 Å². The highest BCUT2D eigenvalue weighted by Gasteiger charge is 2.25. The van der Waals surface area contributed by atoms with E-state index in [4.69, 9.17) is 9.26 Å². The lowest BCUT2D eigenvalue weighted by atomic mass is 10.1. The van der Waals surface area contributed by atoms with Crippen molar-refractivity contribution in [2.75, 3.05) is 0 Å². The summed E-state index contributed by atoms with van der Waals surface area (Å²) in [6.45, 7) is 7.75. The normalized spacial score (nSPS) is 11.5. The van der Waals surface area contributed by atoms with E-state index in [2.05, 4.69) is 15.1 Å².